The molecule has 0 radical (unpaired) electrons. The van der Waals surface area contributed by atoms with Gasteiger partial charge in [0.05, 0.1) is 5.69 Å². The molecule has 0 unspecified atom stereocenters. The SMILES string of the molecule is Cc1oc(-c2ccc(Sc3ccccc3)cc2)nc1C(C)C. The second kappa shape index (κ2) is 6.41. The van der Waals surface area contributed by atoms with Crippen LogP contribution in [0.2, 0.25) is 0 Å². The quantitative estimate of drug-likeness (QED) is 0.598. The average molecular weight is 309 g/mol. The molecule has 0 aliphatic heterocycles. The van der Waals surface area contributed by atoms with Gasteiger partial charge in [0, 0.05) is 15.4 Å². The molecule has 0 spiro atoms. The highest BCUT2D eigenvalue weighted by Gasteiger charge is 2.13. The van der Waals surface area contributed by atoms with Crippen LogP contribution in [0.4, 0.5) is 0 Å². The van der Waals surface area contributed by atoms with Gasteiger partial charge in [-0.15, -0.1) is 0 Å². The Morgan fingerprint density at radius 3 is 2.14 bits per heavy atom. The molecule has 0 fully saturated rings. The Morgan fingerprint density at radius 1 is 0.909 bits per heavy atom. The summed E-state index contributed by atoms with van der Waals surface area (Å²) in [5, 5.41) is 0. The summed E-state index contributed by atoms with van der Waals surface area (Å²) in [7, 11) is 0. The van der Waals surface area contributed by atoms with E-state index >= 15 is 0 Å². The summed E-state index contributed by atoms with van der Waals surface area (Å²) in [6, 6.07) is 18.7. The summed E-state index contributed by atoms with van der Waals surface area (Å²) in [5.74, 6) is 2.00. The first-order valence-corrected chi connectivity index (χ1v) is 8.26. The van der Waals surface area contributed by atoms with E-state index in [4.69, 9.17) is 4.42 Å². The number of benzene rings is 2. The normalized spacial score (nSPS) is 11.1. The Balaban J connectivity index is 1.81. The Morgan fingerprint density at radius 2 is 1.55 bits per heavy atom. The predicted octanol–water partition coefficient (Wildman–Crippen LogP) is 5.92. The molecule has 3 heteroatoms. The smallest absolute Gasteiger partial charge is 0.226 e. The van der Waals surface area contributed by atoms with Crippen LogP contribution in [0.3, 0.4) is 0 Å². The zero-order valence-electron chi connectivity index (χ0n) is 13.0. The van der Waals surface area contributed by atoms with Crippen molar-refractivity contribution in [1.29, 1.82) is 0 Å². The van der Waals surface area contributed by atoms with Crippen molar-refractivity contribution < 1.29 is 4.42 Å². The minimum absolute atomic E-state index is 0.380. The lowest BCUT2D eigenvalue weighted by Crippen LogP contribution is -1.89. The summed E-state index contributed by atoms with van der Waals surface area (Å²) in [6.45, 7) is 6.24. The molecule has 3 aromatic rings. The molecule has 112 valence electrons. The fourth-order valence-electron chi connectivity index (χ4n) is 2.36. The molecule has 0 aliphatic rings. The van der Waals surface area contributed by atoms with Crippen LogP contribution < -0.4 is 0 Å². The second-order valence-corrected chi connectivity index (χ2v) is 6.70. The Kier molecular flexibility index (Phi) is 4.34. The topological polar surface area (TPSA) is 26.0 Å². The van der Waals surface area contributed by atoms with Crippen molar-refractivity contribution in [3.63, 3.8) is 0 Å². The molecule has 22 heavy (non-hydrogen) atoms. The first kappa shape index (κ1) is 14.9. The lowest BCUT2D eigenvalue weighted by molar-refractivity contribution is 0.537. The van der Waals surface area contributed by atoms with E-state index in [-0.39, 0.29) is 0 Å². The third kappa shape index (κ3) is 3.25. The van der Waals surface area contributed by atoms with Crippen molar-refractivity contribution in [2.75, 3.05) is 0 Å². The van der Waals surface area contributed by atoms with Gasteiger partial charge >= 0.3 is 0 Å². The van der Waals surface area contributed by atoms with Crippen LogP contribution in [0.15, 0.2) is 68.8 Å². The van der Waals surface area contributed by atoms with Gasteiger partial charge in [-0.05, 0) is 49.2 Å². The molecule has 0 bridgehead atoms. The first-order valence-electron chi connectivity index (χ1n) is 7.44. The van der Waals surface area contributed by atoms with Crippen molar-refractivity contribution >= 4 is 11.8 Å². The fraction of sp³-hybridized carbons (Fsp3) is 0.211. The predicted molar refractivity (Wildman–Crippen MR) is 91.3 cm³/mol. The van der Waals surface area contributed by atoms with Gasteiger partial charge in [-0.2, -0.15) is 0 Å². The lowest BCUT2D eigenvalue weighted by Gasteiger charge is -2.02. The van der Waals surface area contributed by atoms with E-state index in [0.29, 0.717) is 11.8 Å². The van der Waals surface area contributed by atoms with Gasteiger partial charge < -0.3 is 4.42 Å². The minimum Gasteiger partial charge on any atom is -0.441 e. The minimum atomic E-state index is 0.380. The number of hydrogen-bond donors (Lipinski definition) is 0. The molecule has 0 saturated carbocycles. The van der Waals surface area contributed by atoms with Crippen LogP contribution in [-0.2, 0) is 0 Å². The Hall–Kier alpha value is -2.00. The van der Waals surface area contributed by atoms with Gasteiger partial charge in [-0.1, -0.05) is 43.8 Å². The van der Waals surface area contributed by atoms with E-state index in [9.17, 15) is 0 Å². The number of nitrogens with zero attached hydrogens (tertiary/aromatic N) is 1. The number of rotatable bonds is 4. The summed E-state index contributed by atoms with van der Waals surface area (Å²) in [4.78, 5) is 7.07. The molecule has 1 heterocycles. The summed E-state index contributed by atoms with van der Waals surface area (Å²) >= 11 is 1.75. The van der Waals surface area contributed by atoms with E-state index in [1.807, 2.05) is 13.0 Å². The molecule has 0 amide bonds. The van der Waals surface area contributed by atoms with Gasteiger partial charge in [0.15, 0.2) is 0 Å². The van der Waals surface area contributed by atoms with Crippen molar-refractivity contribution in [2.45, 2.75) is 36.5 Å². The monoisotopic (exact) mass is 309 g/mol. The Labute approximate surface area is 135 Å². The molecule has 0 atom stereocenters. The molecular formula is C19H19NOS. The van der Waals surface area contributed by atoms with Crippen LogP contribution in [0.5, 0.6) is 0 Å². The van der Waals surface area contributed by atoms with Gasteiger partial charge in [-0.3, -0.25) is 0 Å². The molecule has 0 aliphatic carbocycles. The molecule has 3 rings (SSSR count). The van der Waals surface area contributed by atoms with Crippen LogP contribution in [-0.4, -0.2) is 4.98 Å². The van der Waals surface area contributed by atoms with Crippen LogP contribution in [0.1, 0.15) is 31.2 Å². The molecule has 0 saturated heterocycles. The Bertz CT molecular complexity index is 745. The van der Waals surface area contributed by atoms with E-state index in [1.54, 1.807) is 11.8 Å². The largest absolute Gasteiger partial charge is 0.441 e. The van der Waals surface area contributed by atoms with E-state index in [0.717, 1.165) is 17.0 Å². The van der Waals surface area contributed by atoms with Crippen molar-refractivity contribution in [1.82, 2.24) is 4.98 Å². The maximum Gasteiger partial charge on any atom is 0.226 e. The first-order chi connectivity index (χ1) is 10.6. The highest BCUT2D eigenvalue weighted by atomic mass is 32.2. The van der Waals surface area contributed by atoms with E-state index < -0.39 is 0 Å². The van der Waals surface area contributed by atoms with Crippen LogP contribution in [0, 0.1) is 6.92 Å². The number of hydrogen-bond acceptors (Lipinski definition) is 3. The average Bonchev–Trinajstić information content (AvgIpc) is 2.91. The van der Waals surface area contributed by atoms with E-state index in [1.165, 1.54) is 9.79 Å². The lowest BCUT2D eigenvalue weighted by atomic mass is 10.1. The molecule has 2 aromatic carbocycles. The standard InChI is InChI=1S/C19H19NOS/c1-13(2)18-14(3)21-19(20-18)15-9-11-17(12-10-15)22-16-7-5-4-6-8-16/h4-13H,1-3H3. The molecular weight excluding hydrogens is 290 g/mol. The van der Waals surface area contributed by atoms with Crippen molar-refractivity contribution in [2.24, 2.45) is 0 Å². The summed E-state index contributed by atoms with van der Waals surface area (Å²) in [6.07, 6.45) is 0. The van der Waals surface area contributed by atoms with Crippen LogP contribution >= 0.6 is 11.8 Å². The number of aromatic nitrogens is 1. The molecule has 1 aromatic heterocycles. The highest BCUT2D eigenvalue weighted by molar-refractivity contribution is 7.99. The number of oxazole rings is 1. The van der Waals surface area contributed by atoms with Crippen molar-refractivity contribution in [3.8, 4) is 11.5 Å². The zero-order valence-corrected chi connectivity index (χ0v) is 13.9. The molecule has 0 N–H and O–H groups in total. The maximum atomic E-state index is 5.80. The van der Waals surface area contributed by atoms with Gasteiger partial charge in [0.2, 0.25) is 5.89 Å². The second-order valence-electron chi connectivity index (χ2n) is 5.55. The molecule has 2 nitrogen and oxygen atoms in total. The summed E-state index contributed by atoms with van der Waals surface area (Å²) < 4.78 is 5.80. The van der Waals surface area contributed by atoms with Gasteiger partial charge in [-0.25, -0.2) is 4.98 Å². The third-order valence-corrected chi connectivity index (χ3v) is 4.48. The fourth-order valence-corrected chi connectivity index (χ4v) is 3.20. The zero-order chi connectivity index (χ0) is 15.5. The van der Waals surface area contributed by atoms with Gasteiger partial charge in [0.25, 0.3) is 0 Å². The third-order valence-electron chi connectivity index (χ3n) is 3.46. The van der Waals surface area contributed by atoms with E-state index in [2.05, 4.69) is 67.4 Å². The maximum absolute atomic E-state index is 5.80. The number of aryl methyl sites for hydroxylation is 1. The summed E-state index contributed by atoms with van der Waals surface area (Å²) in [5.41, 5.74) is 2.06. The van der Waals surface area contributed by atoms with Crippen molar-refractivity contribution in [3.05, 3.63) is 66.1 Å². The highest BCUT2D eigenvalue weighted by Crippen LogP contribution is 2.30. The van der Waals surface area contributed by atoms with Gasteiger partial charge in [0.1, 0.15) is 5.76 Å². The van der Waals surface area contributed by atoms with Crippen LogP contribution in [0.25, 0.3) is 11.5 Å².